The maximum absolute atomic E-state index is 5.24. The Bertz CT molecular complexity index is 387. The van der Waals surface area contributed by atoms with E-state index in [0.29, 0.717) is 0 Å². The number of benzene rings is 1. The molecule has 92 valence electrons. The van der Waals surface area contributed by atoms with Crippen LogP contribution in [0.1, 0.15) is 30.9 Å². The van der Waals surface area contributed by atoms with Gasteiger partial charge in [-0.05, 0) is 36.4 Å². The summed E-state index contributed by atoms with van der Waals surface area (Å²) in [4.78, 5) is 2.53. The summed E-state index contributed by atoms with van der Waals surface area (Å²) in [6.07, 6.45) is 4.42. The number of hydrogen-bond acceptors (Lipinski definition) is 3. The Hall–Kier alpha value is -1.35. The third-order valence-electron chi connectivity index (χ3n) is 3.40. The zero-order valence-corrected chi connectivity index (χ0v) is 10.5. The van der Waals surface area contributed by atoms with Crippen LogP contribution < -0.4 is 5.84 Å². The summed E-state index contributed by atoms with van der Waals surface area (Å²) < 4.78 is 0. The molecule has 0 aromatic heterocycles. The Kier molecular flexibility index (Phi) is 4.15. The molecule has 0 radical (unpaired) electrons. The Balaban J connectivity index is 2.07. The molecule has 1 aromatic rings. The van der Waals surface area contributed by atoms with Crippen LogP contribution in [-0.2, 0) is 6.54 Å². The topological polar surface area (TPSA) is 41.6 Å². The van der Waals surface area contributed by atoms with E-state index in [0.717, 1.165) is 18.0 Å². The second-order valence-electron chi connectivity index (χ2n) is 4.96. The molecule has 1 aromatic carbocycles. The van der Waals surface area contributed by atoms with Gasteiger partial charge in [-0.1, -0.05) is 31.2 Å². The van der Waals surface area contributed by atoms with Gasteiger partial charge in [0.25, 0.3) is 0 Å². The first-order chi connectivity index (χ1) is 8.29. The molecule has 1 aliphatic rings. The van der Waals surface area contributed by atoms with Crippen LogP contribution in [0.3, 0.4) is 0 Å². The molecule has 2 rings (SSSR count). The molecule has 1 fully saturated rings. The lowest BCUT2D eigenvalue weighted by atomic mass is 9.99. The zero-order valence-electron chi connectivity index (χ0n) is 10.5. The van der Waals surface area contributed by atoms with Gasteiger partial charge >= 0.3 is 0 Å². The lowest BCUT2D eigenvalue weighted by Gasteiger charge is -2.31. The first kappa shape index (κ1) is 12.1. The highest BCUT2D eigenvalue weighted by Crippen LogP contribution is 2.18. The second kappa shape index (κ2) is 5.82. The average Bonchev–Trinajstić information content (AvgIpc) is 2.32. The van der Waals surface area contributed by atoms with Crippen LogP contribution in [0.2, 0.25) is 0 Å². The van der Waals surface area contributed by atoms with Crippen molar-refractivity contribution in [2.45, 2.75) is 26.3 Å². The van der Waals surface area contributed by atoms with Crippen molar-refractivity contribution >= 4 is 6.21 Å². The Labute approximate surface area is 103 Å². The highest BCUT2D eigenvalue weighted by atomic mass is 15.1. The van der Waals surface area contributed by atoms with Gasteiger partial charge in [0.2, 0.25) is 0 Å². The van der Waals surface area contributed by atoms with Crippen LogP contribution in [0.5, 0.6) is 0 Å². The van der Waals surface area contributed by atoms with E-state index < -0.39 is 0 Å². The van der Waals surface area contributed by atoms with E-state index in [1.165, 1.54) is 31.5 Å². The van der Waals surface area contributed by atoms with Crippen LogP contribution >= 0.6 is 0 Å². The monoisotopic (exact) mass is 231 g/mol. The molecule has 1 saturated heterocycles. The molecule has 3 heteroatoms. The average molecular weight is 231 g/mol. The van der Waals surface area contributed by atoms with Gasteiger partial charge in [-0.25, -0.2) is 0 Å². The molecule has 0 saturated carbocycles. The minimum atomic E-state index is 0.819. The van der Waals surface area contributed by atoms with E-state index in [9.17, 15) is 0 Å². The first-order valence-electron chi connectivity index (χ1n) is 6.33. The Morgan fingerprint density at radius 1 is 1.47 bits per heavy atom. The third kappa shape index (κ3) is 3.30. The maximum atomic E-state index is 5.24. The fourth-order valence-corrected chi connectivity index (χ4v) is 2.56. The van der Waals surface area contributed by atoms with Gasteiger partial charge in [0, 0.05) is 13.1 Å². The van der Waals surface area contributed by atoms with E-state index in [1.807, 2.05) is 6.07 Å². The summed E-state index contributed by atoms with van der Waals surface area (Å²) in [5, 5.41) is 3.63. The minimum absolute atomic E-state index is 0.819. The Morgan fingerprint density at radius 2 is 2.29 bits per heavy atom. The van der Waals surface area contributed by atoms with E-state index in [4.69, 9.17) is 5.84 Å². The van der Waals surface area contributed by atoms with Crippen molar-refractivity contribution in [2.24, 2.45) is 16.9 Å². The largest absolute Gasteiger partial charge is 0.323 e. The minimum Gasteiger partial charge on any atom is -0.323 e. The van der Waals surface area contributed by atoms with E-state index in [1.54, 1.807) is 6.21 Å². The number of rotatable bonds is 3. The molecule has 2 N–H and O–H groups in total. The van der Waals surface area contributed by atoms with Crippen LogP contribution in [0.25, 0.3) is 0 Å². The summed E-state index contributed by atoms with van der Waals surface area (Å²) >= 11 is 0. The number of nitrogens with zero attached hydrogens (tertiary/aromatic N) is 2. The van der Waals surface area contributed by atoms with Gasteiger partial charge in [0.15, 0.2) is 0 Å². The summed E-state index contributed by atoms with van der Waals surface area (Å²) in [6.45, 7) is 5.75. The number of hydrazone groups is 1. The molecule has 1 heterocycles. The fourth-order valence-electron chi connectivity index (χ4n) is 2.56. The van der Waals surface area contributed by atoms with Crippen molar-refractivity contribution in [3.05, 3.63) is 35.4 Å². The van der Waals surface area contributed by atoms with E-state index in [-0.39, 0.29) is 0 Å². The molecule has 1 unspecified atom stereocenters. The molecule has 1 aliphatic heterocycles. The van der Waals surface area contributed by atoms with Crippen LogP contribution in [0.15, 0.2) is 29.4 Å². The molecule has 17 heavy (non-hydrogen) atoms. The van der Waals surface area contributed by atoms with Gasteiger partial charge in [0.1, 0.15) is 0 Å². The van der Waals surface area contributed by atoms with Crippen molar-refractivity contribution in [1.29, 1.82) is 0 Å². The van der Waals surface area contributed by atoms with Crippen LogP contribution in [0.4, 0.5) is 0 Å². The molecular weight excluding hydrogens is 210 g/mol. The molecule has 3 nitrogen and oxygen atoms in total. The van der Waals surface area contributed by atoms with Gasteiger partial charge in [0.05, 0.1) is 6.21 Å². The lowest BCUT2D eigenvalue weighted by Crippen LogP contribution is -2.34. The molecule has 0 bridgehead atoms. The zero-order chi connectivity index (χ0) is 12.1. The van der Waals surface area contributed by atoms with Crippen LogP contribution in [0, 0.1) is 5.92 Å². The maximum Gasteiger partial charge on any atom is 0.0541 e. The number of nitrogens with two attached hydrogens (primary N) is 1. The van der Waals surface area contributed by atoms with E-state index >= 15 is 0 Å². The van der Waals surface area contributed by atoms with Crippen molar-refractivity contribution in [3.63, 3.8) is 0 Å². The summed E-state index contributed by atoms with van der Waals surface area (Å²) in [7, 11) is 0. The fraction of sp³-hybridized carbons (Fsp3) is 0.500. The van der Waals surface area contributed by atoms with Crippen molar-refractivity contribution in [1.82, 2.24) is 4.90 Å². The predicted octanol–water partition coefficient (Wildman–Crippen LogP) is 2.21. The summed E-state index contributed by atoms with van der Waals surface area (Å²) in [5.41, 5.74) is 2.45. The molecule has 1 atom stereocenters. The Morgan fingerprint density at radius 3 is 3.06 bits per heavy atom. The van der Waals surface area contributed by atoms with Crippen molar-refractivity contribution in [2.75, 3.05) is 13.1 Å². The molecular formula is C14H21N3. The van der Waals surface area contributed by atoms with Gasteiger partial charge in [-0.3, -0.25) is 4.90 Å². The predicted molar refractivity (Wildman–Crippen MR) is 71.9 cm³/mol. The highest BCUT2D eigenvalue weighted by Gasteiger charge is 2.16. The SMILES string of the molecule is CC1CCCN(Cc2ccccc2C=NN)C1. The quantitative estimate of drug-likeness (QED) is 0.492. The highest BCUT2D eigenvalue weighted by molar-refractivity contribution is 5.81. The molecule has 0 amide bonds. The lowest BCUT2D eigenvalue weighted by molar-refractivity contribution is 0.176. The van der Waals surface area contributed by atoms with Crippen molar-refractivity contribution in [3.8, 4) is 0 Å². The number of hydrogen-bond donors (Lipinski definition) is 1. The van der Waals surface area contributed by atoms with Gasteiger partial charge < -0.3 is 5.84 Å². The van der Waals surface area contributed by atoms with Crippen LogP contribution in [-0.4, -0.2) is 24.2 Å². The van der Waals surface area contributed by atoms with Gasteiger partial charge in [-0.2, -0.15) is 5.10 Å². The smallest absolute Gasteiger partial charge is 0.0541 e. The summed E-state index contributed by atoms with van der Waals surface area (Å²) in [5.74, 6) is 6.06. The third-order valence-corrected chi connectivity index (χ3v) is 3.40. The summed E-state index contributed by atoms with van der Waals surface area (Å²) in [6, 6.07) is 8.34. The van der Waals surface area contributed by atoms with E-state index in [2.05, 4.69) is 35.1 Å². The molecule has 0 aliphatic carbocycles. The number of piperidine rings is 1. The number of likely N-dealkylation sites (tertiary alicyclic amines) is 1. The van der Waals surface area contributed by atoms with Crippen molar-refractivity contribution < 1.29 is 0 Å². The molecule has 0 spiro atoms. The first-order valence-corrected chi connectivity index (χ1v) is 6.33. The van der Waals surface area contributed by atoms with Gasteiger partial charge in [-0.15, -0.1) is 0 Å². The normalized spacial score (nSPS) is 22.1. The standard InChI is InChI=1S/C14H21N3/c1-12-5-4-8-17(10-12)11-14-7-3-2-6-13(14)9-16-15/h2-3,6-7,9,12H,4-5,8,10-11,15H2,1H3. The second-order valence-corrected chi connectivity index (χ2v) is 4.96.